The van der Waals surface area contributed by atoms with Crippen LogP contribution < -0.4 is 0 Å². The van der Waals surface area contributed by atoms with Crippen LogP contribution in [-0.2, 0) is 5.60 Å². The highest BCUT2D eigenvalue weighted by Crippen LogP contribution is 2.46. The van der Waals surface area contributed by atoms with Gasteiger partial charge in [-0.1, -0.05) is 62.2 Å². The summed E-state index contributed by atoms with van der Waals surface area (Å²) in [4.78, 5) is 0. The van der Waals surface area contributed by atoms with Crippen LogP contribution in [0.25, 0.3) is 0 Å². The van der Waals surface area contributed by atoms with E-state index in [0.717, 1.165) is 0 Å². The van der Waals surface area contributed by atoms with Crippen LogP contribution in [0.15, 0.2) is 57.5 Å². The molecule has 20 heavy (non-hydrogen) atoms. The average Bonchev–Trinajstić information content (AvgIpc) is 2.38. The summed E-state index contributed by atoms with van der Waals surface area (Å²) in [7, 11) is 0. The molecule has 0 amide bonds. The maximum Gasteiger partial charge on any atom is 0.425 e. The van der Waals surface area contributed by atoms with Crippen LogP contribution in [-0.4, -0.2) is 11.3 Å². The Morgan fingerprint density at radius 1 is 0.850 bits per heavy atom. The molecule has 106 valence electrons. The van der Waals surface area contributed by atoms with Gasteiger partial charge in [0, 0.05) is 14.5 Å². The Labute approximate surface area is 130 Å². The lowest BCUT2D eigenvalue weighted by Crippen LogP contribution is -2.43. The van der Waals surface area contributed by atoms with E-state index in [1.54, 1.807) is 6.07 Å². The Kier molecular flexibility index (Phi) is 4.27. The summed E-state index contributed by atoms with van der Waals surface area (Å²) in [5.74, 6) is 0. The number of hydrogen-bond acceptors (Lipinski definition) is 1. The Morgan fingerprint density at radius 3 is 1.90 bits per heavy atom. The highest BCUT2D eigenvalue weighted by molar-refractivity contribution is 9.10. The van der Waals surface area contributed by atoms with E-state index in [9.17, 15) is 18.3 Å². The molecule has 0 saturated carbocycles. The predicted molar refractivity (Wildman–Crippen MR) is 77.3 cm³/mol. The Hall–Kier alpha value is -0.850. The topological polar surface area (TPSA) is 20.2 Å². The summed E-state index contributed by atoms with van der Waals surface area (Å²) >= 11 is 6.23. The third kappa shape index (κ3) is 2.64. The van der Waals surface area contributed by atoms with E-state index >= 15 is 0 Å². The molecule has 1 unspecified atom stereocenters. The number of halogens is 5. The fourth-order valence-electron chi connectivity index (χ4n) is 1.92. The molecule has 6 heteroatoms. The first kappa shape index (κ1) is 15.5. The van der Waals surface area contributed by atoms with Crippen molar-refractivity contribution in [3.63, 3.8) is 0 Å². The lowest BCUT2D eigenvalue weighted by atomic mass is 9.86. The van der Waals surface area contributed by atoms with Crippen LogP contribution in [0, 0.1) is 0 Å². The maximum absolute atomic E-state index is 13.5. The number of aliphatic hydroxyl groups is 1. The van der Waals surface area contributed by atoms with E-state index in [1.165, 1.54) is 42.5 Å². The zero-order valence-electron chi connectivity index (χ0n) is 9.96. The Balaban J connectivity index is 2.70. The molecule has 0 heterocycles. The fourth-order valence-corrected chi connectivity index (χ4v) is 2.75. The van der Waals surface area contributed by atoms with Gasteiger partial charge in [0.05, 0.1) is 0 Å². The van der Waals surface area contributed by atoms with Crippen LogP contribution in [0.4, 0.5) is 13.2 Å². The third-order valence-corrected chi connectivity index (χ3v) is 4.16. The van der Waals surface area contributed by atoms with Gasteiger partial charge >= 0.3 is 6.18 Å². The van der Waals surface area contributed by atoms with Crippen molar-refractivity contribution in [2.24, 2.45) is 0 Å². The first-order valence-electron chi connectivity index (χ1n) is 5.57. The molecule has 1 N–H and O–H groups in total. The molecule has 2 aromatic carbocycles. The summed E-state index contributed by atoms with van der Waals surface area (Å²) in [5, 5.41) is 10.4. The highest BCUT2D eigenvalue weighted by atomic mass is 79.9. The molecule has 0 aliphatic carbocycles. The number of alkyl halides is 3. The van der Waals surface area contributed by atoms with Gasteiger partial charge in [0.2, 0.25) is 5.60 Å². The van der Waals surface area contributed by atoms with Gasteiger partial charge in [-0.15, -0.1) is 0 Å². The van der Waals surface area contributed by atoms with E-state index in [2.05, 4.69) is 31.9 Å². The molecule has 0 aliphatic heterocycles. The number of benzene rings is 2. The molecule has 1 nitrogen and oxygen atoms in total. The SMILES string of the molecule is OC(c1ccc(Br)cc1)(c1ccccc1Br)C(F)(F)F. The molecule has 0 aromatic heterocycles. The van der Waals surface area contributed by atoms with Crippen LogP contribution >= 0.6 is 31.9 Å². The first-order chi connectivity index (χ1) is 9.26. The van der Waals surface area contributed by atoms with Crippen molar-refractivity contribution in [1.29, 1.82) is 0 Å². The molecule has 0 radical (unpaired) electrons. The molecule has 0 bridgehead atoms. The smallest absolute Gasteiger partial charge is 0.372 e. The summed E-state index contributed by atoms with van der Waals surface area (Å²) in [6.07, 6.45) is -4.84. The van der Waals surface area contributed by atoms with Crippen molar-refractivity contribution < 1.29 is 18.3 Å². The number of rotatable bonds is 2. The second-order valence-corrected chi connectivity index (χ2v) is 5.96. The molecule has 2 rings (SSSR count). The average molecular weight is 410 g/mol. The molecule has 1 atom stereocenters. The lowest BCUT2D eigenvalue weighted by Gasteiger charge is -2.32. The van der Waals surface area contributed by atoms with Crippen LogP contribution in [0.3, 0.4) is 0 Å². The zero-order chi connectivity index (χ0) is 15.0. The van der Waals surface area contributed by atoms with Crippen molar-refractivity contribution in [3.8, 4) is 0 Å². The van der Waals surface area contributed by atoms with Crippen molar-refractivity contribution in [3.05, 3.63) is 68.6 Å². The molecule has 2 aromatic rings. The minimum absolute atomic E-state index is 0.197. The standard InChI is InChI=1S/C14H9Br2F3O/c15-10-7-5-9(6-8-10)13(20,14(17,18)19)11-3-1-2-4-12(11)16/h1-8,20H. The minimum Gasteiger partial charge on any atom is -0.372 e. The maximum atomic E-state index is 13.5. The van der Waals surface area contributed by atoms with E-state index in [1.807, 2.05) is 0 Å². The molecule has 0 spiro atoms. The van der Waals surface area contributed by atoms with E-state index in [0.29, 0.717) is 4.47 Å². The molecule has 0 fully saturated rings. The highest BCUT2D eigenvalue weighted by Gasteiger charge is 2.56. The molecule has 0 saturated heterocycles. The molecular weight excluding hydrogens is 401 g/mol. The van der Waals surface area contributed by atoms with E-state index in [-0.39, 0.29) is 15.6 Å². The number of hydrogen-bond donors (Lipinski definition) is 1. The van der Waals surface area contributed by atoms with Gasteiger partial charge in [0.25, 0.3) is 0 Å². The second-order valence-electron chi connectivity index (χ2n) is 4.19. The summed E-state index contributed by atoms with van der Waals surface area (Å²) < 4.78 is 41.3. The van der Waals surface area contributed by atoms with Crippen molar-refractivity contribution in [1.82, 2.24) is 0 Å². The van der Waals surface area contributed by atoms with Crippen molar-refractivity contribution >= 4 is 31.9 Å². The zero-order valence-corrected chi connectivity index (χ0v) is 13.1. The molecular formula is C14H9Br2F3O. The van der Waals surface area contributed by atoms with Crippen LogP contribution in [0.2, 0.25) is 0 Å². The Bertz CT molecular complexity index is 611. The van der Waals surface area contributed by atoms with Gasteiger partial charge in [0.15, 0.2) is 0 Å². The van der Waals surface area contributed by atoms with Crippen LogP contribution in [0.5, 0.6) is 0 Å². The summed E-state index contributed by atoms with van der Waals surface area (Å²) in [5.41, 5.74) is -3.54. The quantitative estimate of drug-likeness (QED) is 0.739. The van der Waals surface area contributed by atoms with Gasteiger partial charge in [-0.3, -0.25) is 0 Å². The van der Waals surface area contributed by atoms with Gasteiger partial charge in [-0.05, 0) is 23.8 Å². The van der Waals surface area contributed by atoms with E-state index < -0.39 is 11.8 Å². The summed E-state index contributed by atoms with van der Waals surface area (Å²) in [6.45, 7) is 0. The van der Waals surface area contributed by atoms with Gasteiger partial charge in [-0.25, -0.2) is 0 Å². The van der Waals surface area contributed by atoms with Crippen molar-refractivity contribution in [2.45, 2.75) is 11.8 Å². The Morgan fingerprint density at radius 2 is 1.40 bits per heavy atom. The minimum atomic E-state index is -4.84. The third-order valence-electron chi connectivity index (χ3n) is 2.94. The van der Waals surface area contributed by atoms with E-state index in [4.69, 9.17) is 0 Å². The van der Waals surface area contributed by atoms with Crippen LogP contribution in [0.1, 0.15) is 11.1 Å². The second kappa shape index (κ2) is 5.50. The molecule has 0 aliphatic rings. The predicted octanol–water partition coefficient (Wildman–Crippen LogP) is 5.01. The largest absolute Gasteiger partial charge is 0.425 e. The first-order valence-corrected chi connectivity index (χ1v) is 7.15. The fraction of sp³-hybridized carbons (Fsp3) is 0.143. The summed E-state index contributed by atoms with van der Waals surface area (Å²) in [6, 6.07) is 11.2. The monoisotopic (exact) mass is 408 g/mol. The van der Waals surface area contributed by atoms with Gasteiger partial charge in [-0.2, -0.15) is 13.2 Å². The van der Waals surface area contributed by atoms with Gasteiger partial charge in [0.1, 0.15) is 0 Å². The normalized spacial score (nSPS) is 14.9. The lowest BCUT2D eigenvalue weighted by molar-refractivity contribution is -0.248. The van der Waals surface area contributed by atoms with Gasteiger partial charge < -0.3 is 5.11 Å². The van der Waals surface area contributed by atoms with Crippen molar-refractivity contribution in [2.75, 3.05) is 0 Å².